The Labute approximate surface area is 178 Å². The molecule has 1 aliphatic rings. The van der Waals surface area contributed by atoms with Gasteiger partial charge < -0.3 is 19.5 Å². The SMILES string of the molecule is COc1ccc(C(=O)N2C[C@@H](C)N(C(=O)c3ccc4cc[nH]c4c3F)[C@H](C)C2)c(F)c1. The molecule has 1 aliphatic heterocycles. The van der Waals surface area contributed by atoms with Gasteiger partial charge >= 0.3 is 0 Å². The molecule has 0 aliphatic carbocycles. The van der Waals surface area contributed by atoms with E-state index in [2.05, 4.69) is 4.98 Å². The lowest BCUT2D eigenvalue weighted by Gasteiger charge is -2.44. The molecule has 0 radical (unpaired) electrons. The second kappa shape index (κ2) is 8.02. The van der Waals surface area contributed by atoms with E-state index in [1.54, 1.807) is 37.1 Å². The first-order valence-corrected chi connectivity index (χ1v) is 10.0. The number of carbonyl (C=O) groups excluding carboxylic acids is 2. The summed E-state index contributed by atoms with van der Waals surface area (Å²) in [6.45, 7) is 4.02. The number of hydrogen-bond donors (Lipinski definition) is 1. The van der Waals surface area contributed by atoms with E-state index in [-0.39, 0.29) is 41.8 Å². The van der Waals surface area contributed by atoms with Crippen LogP contribution in [0, 0.1) is 11.6 Å². The van der Waals surface area contributed by atoms with E-state index >= 15 is 0 Å². The molecule has 8 heteroatoms. The van der Waals surface area contributed by atoms with Gasteiger partial charge in [0.05, 0.1) is 23.8 Å². The number of methoxy groups -OCH3 is 1. The lowest BCUT2D eigenvalue weighted by Crippen LogP contribution is -2.60. The topological polar surface area (TPSA) is 65.6 Å². The molecule has 0 unspecified atom stereocenters. The summed E-state index contributed by atoms with van der Waals surface area (Å²) in [7, 11) is 1.42. The molecule has 1 N–H and O–H groups in total. The highest BCUT2D eigenvalue weighted by Gasteiger charge is 2.37. The van der Waals surface area contributed by atoms with Gasteiger partial charge in [-0.25, -0.2) is 8.78 Å². The lowest BCUT2D eigenvalue weighted by atomic mass is 10.0. The number of amides is 2. The van der Waals surface area contributed by atoms with Crippen molar-refractivity contribution in [2.75, 3.05) is 20.2 Å². The van der Waals surface area contributed by atoms with Crippen molar-refractivity contribution in [3.63, 3.8) is 0 Å². The Balaban J connectivity index is 1.55. The zero-order valence-corrected chi connectivity index (χ0v) is 17.5. The van der Waals surface area contributed by atoms with Crippen LogP contribution in [0.25, 0.3) is 10.9 Å². The van der Waals surface area contributed by atoms with Crippen molar-refractivity contribution in [2.24, 2.45) is 0 Å². The number of piperazine rings is 1. The smallest absolute Gasteiger partial charge is 0.257 e. The summed E-state index contributed by atoms with van der Waals surface area (Å²) in [5.74, 6) is -1.82. The first kappa shape index (κ1) is 20.8. The minimum atomic E-state index is -0.663. The maximum absolute atomic E-state index is 14.9. The second-order valence-corrected chi connectivity index (χ2v) is 7.84. The highest BCUT2D eigenvalue weighted by Crippen LogP contribution is 2.26. The molecule has 1 saturated heterocycles. The third-order valence-corrected chi connectivity index (χ3v) is 5.74. The van der Waals surface area contributed by atoms with E-state index in [0.29, 0.717) is 11.1 Å². The van der Waals surface area contributed by atoms with Gasteiger partial charge in [-0.05, 0) is 38.1 Å². The Hall–Kier alpha value is -3.42. The molecule has 6 nitrogen and oxygen atoms in total. The van der Waals surface area contributed by atoms with Crippen LogP contribution in [0.2, 0.25) is 0 Å². The van der Waals surface area contributed by atoms with Crippen molar-refractivity contribution < 1.29 is 23.1 Å². The normalized spacial score (nSPS) is 19.0. The summed E-state index contributed by atoms with van der Waals surface area (Å²) in [4.78, 5) is 32.0. The maximum Gasteiger partial charge on any atom is 0.257 e. The van der Waals surface area contributed by atoms with Gasteiger partial charge in [0, 0.05) is 42.8 Å². The van der Waals surface area contributed by atoms with Gasteiger partial charge in [0.2, 0.25) is 0 Å². The Morgan fingerprint density at radius 1 is 1.00 bits per heavy atom. The highest BCUT2D eigenvalue weighted by atomic mass is 19.1. The van der Waals surface area contributed by atoms with E-state index in [4.69, 9.17) is 4.74 Å². The first-order chi connectivity index (χ1) is 14.8. The summed E-state index contributed by atoms with van der Waals surface area (Å²) in [5, 5.41) is 0.687. The van der Waals surface area contributed by atoms with Crippen LogP contribution >= 0.6 is 0 Å². The Morgan fingerprint density at radius 2 is 1.68 bits per heavy atom. The minimum Gasteiger partial charge on any atom is -0.497 e. The number of nitrogens with zero attached hydrogens (tertiary/aromatic N) is 2. The van der Waals surface area contributed by atoms with Crippen molar-refractivity contribution in [3.05, 3.63) is 65.4 Å². The van der Waals surface area contributed by atoms with Crippen LogP contribution in [0.4, 0.5) is 8.78 Å². The largest absolute Gasteiger partial charge is 0.497 e. The molecule has 2 aromatic carbocycles. The van der Waals surface area contributed by atoms with Crippen molar-refractivity contribution in [3.8, 4) is 5.75 Å². The van der Waals surface area contributed by atoms with Gasteiger partial charge in [0.15, 0.2) is 5.82 Å². The molecule has 1 aromatic heterocycles. The fourth-order valence-electron chi connectivity index (χ4n) is 4.25. The molecule has 2 heterocycles. The molecule has 162 valence electrons. The Morgan fingerprint density at radius 3 is 2.32 bits per heavy atom. The monoisotopic (exact) mass is 427 g/mol. The molecule has 31 heavy (non-hydrogen) atoms. The lowest BCUT2D eigenvalue weighted by molar-refractivity contribution is 0.0249. The quantitative estimate of drug-likeness (QED) is 0.691. The summed E-state index contributed by atoms with van der Waals surface area (Å²) in [6, 6.07) is 8.26. The predicted octanol–water partition coefficient (Wildman–Crippen LogP) is 3.83. The first-order valence-electron chi connectivity index (χ1n) is 10.0. The van der Waals surface area contributed by atoms with Crippen LogP contribution < -0.4 is 4.74 Å². The fourth-order valence-corrected chi connectivity index (χ4v) is 4.25. The third-order valence-electron chi connectivity index (χ3n) is 5.74. The number of rotatable bonds is 3. The zero-order chi connectivity index (χ0) is 22.3. The van der Waals surface area contributed by atoms with Crippen molar-refractivity contribution in [2.45, 2.75) is 25.9 Å². The molecule has 2 atom stereocenters. The van der Waals surface area contributed by atoms with Gasteiger partial charge in [-0.15, -0.1) is 0 Å². The molecule has 2 amide bonds. The fraction of sp³-hybridized carbons (Fsp3) is 0.304. The zero-order valence-electron chi connectivity index (χ0n) is 17.5. The van der Waals surface area contributed by atoms with Gasteiger partial charge in [0.1, 0.15) is 11.6 Å². The van der Waals surface area contributed by atoms with Gasteiger partial charge in [-0.1, -0.05) is 6.07 Å². The standard InChI is InChI=1S/C23H23F2N3O3/c1-13-11-27(22(29)17-7-5-16(31-3)10-19(17)24)12-14(2)28(13)23(30)18-6-4-15-8-9-26-21(15)20(18)25/h4-10,13-14,26H,11-12H2,1-3H3/t13-,14-/m1/s1. The van der Waals surface area contributed by atoms with Crippen LogP contribution in [-0.4, -0.2) is 58.9 Å². The summed E-state index contributed by atoms with van der Waals surface area (Å²) < 4.78 is 34.3. The van der Waals surface area contributed by atoms with Crippen LogP contribution in [0.15, 0.2) is 42.6 Å². The van der Waals surface area contributed by atoms with E-state index < -0.39 is 23.4 Å². The molecule has 0 saturated carbocycles. The highest BCUT2D eigenvalue weighted by molar-refractivity contribution is 5.99. The number of ether oxygens (including phenoxy) is 1. The number of fused-ring (bicyclic) bond motifs is 1. The molecule has 1 fully saturated rings. The summed E-state index contributed by atoms with van der Waals surface area (Å²) in [5.41, 5.74) is 0.216. The molecular weight excluding hydrogens is 404 g/mol. The van der Waals surface area contributed by atoms with Crippen LogP contribution in [-0.2, 0) is 0 Å². The third kappa shape index (κ3) is 3.62. The number of aromatic amines is 1. The summed E-state index contributed by atoms with van der Waals surface area (Å²) in [6.07, 6.45) is 1.62. The van der Waals surface area contributed by atoms with E-state index in [0.717, 1.165) is 0 Å². The number of H-pyrrole nitrogens is 1. The van der Waals surface area contributed by atoms with E-state index in [1.807, 2.05) is 0 Å². The Bertz CT molecular complexity index is 1150. The number of aromatic nitrogens is 1. The summed E-state index contributed by atoms with van der Waals surface area (Å²) >= 11 is 0. The molecular formula is C23H23F2N3O3. The molecule has 0 spiro atoms. The van der Waals surface area contributed by atoms with Crippen molar-refractivity contribution in [1.82, 2.24) is 14.8 Å². The number of benzene rings is 2. The van der Waals surface area contributed by atoms with Crippen LogP contribution in [0.3, 0.4) is 0 Å². The number of nitrogens with one attached hydrogen (secondary N) is 1. The number of carbonyl (C=O) groups is 2. The van der Waals surface area contributed by atoms with Gasteiger partial charge in [0.25, 0.3) is 11.8 Å². The molecule has 0 bridgehead atoms. The Kier molecular flexibility index (Phi) is 5.39. The second-order valence-electron chi connectivity index (χ2n) is 7.84. The number of halogens is 2. The van der Waals surface area contributed by atoms with Crippen LogP contribution in [0.1, 0.15) is 34.6 Å². The van der Waals surface area contributed by atoms with E-state index in [1.165, 1.54) is 36.3 Å². The van der Waals surface area contributed by atoms with Crippen molar-refractivity contribution >= 4 is 22.7 Å². The molecule has 4 rings (SSSR count). The maximum atomic E-state index is 14.9. The van der Waals surface area contributed by atoms with Gasteiger partial charge in [-0.3, -0.25) is 9.59 Å². The minimum absolute atomic E-state index is 0.0189. The van der Waals surface area contributed by atoms with Gasteiger partial charge in [-0.2, -0.15) is 0 Å². The average Bonchev–Trinajstić information content (AvgIpc) is 3.22. The van der Waals surface area contributed by atoms with Crippen molar-refractivity contribution in [1.29, 1.82) is 0 Å². The number of hydrogen-bond acceptors (Lipinski definition) is 3. The molecule has 3 aromatic rings. The van der Waals surface area contributed by atoms with Crippen LogP contribution in [0.5, 0.6) is 5.75 Å². The predicted molar refractivity (Wildman–Crippen MR) is 112 cm³/mol. The van der Waals surface area contributed by atoms with E-state index in [9.17, 15) is 18.4 Å². The average molecular weight is 427 g/mol.